The van der Waals surface area contributed by atoms with Crippen LogP contribution in [0.3, 0.4) is 0 Å². The molecule has 0 radical (unpaired) electrons. The molecule has 2 heterocycles. The minimum absolute atomic E-state index is 0.125. The van der Waals surface area contributed by atoms with E-state index in [0.29, 0.717) is 19.4 Å². The van der Waals surface area contributed by atoms with Crippen LogP contribution in [0.2, 0.25) is 0 Å². The third-order valence-corrected chi connectivity index (χ3v) is 5.30. The van der Waals surface area contributed by atoms with E-state index in [9.17, 15) is 18.0 Å². The number of hydrogen-bond acceptors (Lipinski definition) is 3. The third-order valence-electron chi connectivity index (χ3n) is 5.30. The molecule has 1 spiro atoms. The van der Waals surface area contributed by atoms with Gasteiger partial charge in [0.05, 0.1) is 5.60 Å². The second-order valence-electron chi connectivity index (χ2n) is 6.45. The van der Waals surface area contributed by atoms with E-state index in [0.717, 1.165) is 19.3 Å². The van der Waals surface area contributed by atoms with E-state index >= 15 is 0 Å². The van der Waals surface area contributed by atoms with Crippen molar-refractivity contribution in [2.45, 2.75) is 50.3 Å². The first kappa shape index (κ1) is 14.3. The van der Waals surface area contributed by atoms with E-state index in [1.54, 1.807) is 0 Å². The van der Waals surface area contributed by atoms with Crippen LogP contribution in [0, 0.1) is 11.3 Å². The zero-order chi connectivity index (χ0) is 14.4. The number of nitrogens with one attached hydrogen (secondary N) is 1. The molecule has 2 aliphatic heterocycles. The van der Waals surface area contributed by atoms with Gasteiger partial charge in [0, 0.05) is 19.1 Å². The number of carbonyl (C=O) groups excluding carboxylic acids is 1. The van der Waals surface area contributed by atoms with E-state index in [-0.39, 0.29) is 25.1 Å². The lowest BCUT2D eigenvalue weighted by molar-refractivity contribution is -0.221. The predicted octanol–water partition coefficient (Wildman–Crippen LogP) is 2.45. The monoisotopic (exact) mass is 291 g/mol. The molecule has 0 aromatic heterocycles. The highest BCUT2D eigenvalue weighted by molar-refractivity contribution is 5.88. The van der Waals surface area contributed by atoms with Gasteiger partial charge in [0.2, 0.25) is 0 Å². The molecular formula is C14H20F3NO2. The second-order valence-corrected chi connectivity index (χ2v) is 6.45. The molecule has 3 nitrogen and oxygen atoms in total. The van der Waals surface area contributed by atoms with Gasteiger partial charge >= 0.3 is 6.18 Å². The van der Waals surface area contributed by atoms with Crippen molar-refractivity contribution in [2.24, 2.45) is 11.3 Å². The number of alkyl halides is 3. The first-order valence-electron chi connectivity index (χ1n) is 7.34. The van der Waals surface area contributed by atoms with Crippen molar-refractivity contribution in [3.8, 4) is 0 Å². The summed E-state index contributed by atoms with van der Waals surface area (Å²) in [6.45, 7) is 0.414. The lowest BCUT2D eigenvalue weighted by Gasteiger charge is -2.48. The van der Waals surface area contributed by atoms with Crippen molar-refractivity contribution in [1.29, 1.82) is 0 Å². The molecule has 1 aliphatic carbocycles. The summed E-state index contributed by atoms with van der Waals surface area (Å²) in [6, 6.07) is 0. The Balaban J connectivity index is 1.80. The Morgan fingerprint density at radius 3 is 2.50 bits per heavy atom. The molecule has 3 rings (SSSR count). The number of ketones is 1. The molecule has 0 aromatic carbocycles. The molecule has 1 N–H and O–H groups in total. The minimum Gasteiger partial charge on any atom is -0.375 e. The van der Waals surface area contributed by atoms with Gasteiger partial charge in [-0.3, -0.25) is 4.79 Å². The fourth-order valence-corrected chi connectivity index (χ4v) is 3.85. The number of ether oxygens (including phenoxy) is 1. The lowest BCUT2D eigenvalue weighted by Crippen LogP contribution is -2.53. The van der Waals surface area contributed by atoms with Crippen LogP contribution >= 0.6 is 0 Å². The average molecular weight is 291 g/mol. The third kappa shape index (κ3) is 2.08. The Labute approximate surface area is 116 Å². The van der Waals surface area contributed by atoms with Gasteiger partial charge < -0.3 is 10.1 Å². The minimum atomic E-state index is -4.46. The Bertz CT molecular complexity index is 398. The van der Waals surface area contributed by atoms with E-state index < -0.39 is 23.3 Å². The first-order valence-corrected chi connectivity index (χ1v) is 7.34. The van der Waals surface area contributed by atoms with Crippen LogP contribution in [-0.4, -0.2) is 37.3 Å². The maximum absolute atomic E-state index is 13.4. The zero-order valence-electron chi connectivity index (χ0n) is 11.4. The Kier molecular flexibility index (Phi) is 3.36. The smallest absolute Gasteiger partial charge is 0.375 e. The summed E-state index contributed by atoms with van der Waals surface area (Å²) in [6.07, 6.45) is -0.866. The summed E-state index contributed by atoms with van der Waals surface area (Å²) in [4.78, 5) is 12.6. The maximum atomic E-state index is 13.4. The molecule has 0 aromatic rings. The van der Waals surface area contributed by atoms with Crippen molar-refractivity contribution < 1.29 is 22.7 Å². The number of hydrogen-bond donors (Lipinski definition) is 1. The lowest BCUT2D eigenvalue weighted by atomic mass is 9.67. The van der Waals surface area contributed by atoms with Gasteiger partial charge in [0.15, 0.2) is 5.78 Å². The standard InChI is InChI=1S/C14H20F3NO2/c15-14(16,17)13(5-6-18-9-13)11(19)10-2-7-20-12(8-10)3-1-4-12/h10,18H,1-9H2. The van der Waals surface area contributed by atoms with Gasteiger partial charge in [-0.25, -0.2) is 0 Å². The van der Waals surface area contributed by atoms with Crippen molar-refractivity contribution in [3.05, 3.63) is 0 Å². The van der Waals surface area contributed by atoms with Gasteiger partial charge in [-0.15, -0.1) is 0 Å². The van der Waals surface area contributed by atoms with E-state index in [1.807, 2.05) is 0 Å². The summed E-state index contributed by atoms with van der Waals surface area (Å²) >= 11 is 0. The van der Waals surface area contributed by atoms with Crippen LogP contribution in [0.15, 0.2) is 0 Å². The van der Waals surface area contributed by atoms with Crippen LogP contribution in [-0.2, 0) is 9.53 Å². The topological polar surface area (TPSA) is 38.3 Å². The van der Waals surface area contributed by atoms with Gasteiger partial charge in [-0.2, -0.15) is 13.2 Å². The first-order chi connectivity index (χ1) is 9.39. The van der Waals surface area contributed by atoms with Gasteiger partial charge in [0.25, 0.3) is 0 Å². The van der Waals surface area contributed by atoms with E-state index in [4.69, 9.17) is 4.74 Å². The van der Waals surface area contributed by atoms with Gasteiger partial charge in [-0.1, -0.05) is 0 Å². The fourth-order valence-electron chi connectivity index (χ4n) is 3.85. The molecule has 3 aliphatic rings. The molecule has 1 saturated carbocycles. The van der Waals surface area contributed by atoms with Crippen LogP contribution in [0.25, 0.3) is 0 Å². The number of halogens is 3. The summed E-state index contributed by atoms with van der Waals surface area (Å²) < 4.78 is 46.0. The SMILES string of the molecule is O=C(C1CCOC2(CCC2)C1)C1(C(F)(F)F)CCNC1. The molecule has 2 saturated heterocycles. The highest BCUT2D eigenvalue weighted by Gasteiger charge is 2.63. The number of rotatable bonds is 2. The average Bonchev–Trinajstić information content (AvgIpc) is 2.86. The highest BCUT2D eigenvalue weighted by atomic mass is 19.4. The zero-order valence-corrected chi connectivity index (χ0v) is 11.4. The largest absolute Gasteiger partial charge is 0.402 e. The summed E-state index contributed by atoms with van der Waals surface area (Å²) in [5.41, 5.74) is -2.46. The summed E-state index contributed by atoms with van der Waals surface area (Å²) in [5.74, 6) is -1.10. The molecule has 3 fully saturated rings. The van der Waals surface area contributed by atoms with Gasteiger partial charge in [-0.05, 0) is 45.1 Å². The Hall–Kier alpha value is -0.620. The molecule has 6 heteroatoms. The summed E-state index contributed by atoms with van der Waals surface area (Å²) in [7, 11) is 0. The molecule has 114 valence electrons. The molecule has 2 unspecified atom stereocenters. The Morgan fingerprint density at radius 2 is 2.00 bits per heavy atom. The van der Waals surface area contributed by atoms with Crippen LogP contribution in [0.1, 0.15) is 38.5 Å². The molecule has 20 heavy (non-hydrogen) atoms. The molecule has 0 amide bonds. The van der Waals surface area contributed by atoms with Gasteiger partial charge in [0.1, 0.15) is 5.41 Å². The molecular weight excluding hydrogens is 271 g/mol. The quantitative estimate of drug-likeness (QED) is 0.849. The maximum Gasteiger partial charge on any atom is 0.402 e. The van der Waals surface area contributed by atoms with Crippen LogP contribution in [0.4, 0.5) is 13.2 Å². The normalized spacial score (nSPS) is 36.9. The molecule has 2 atom stereocenters. The van der Waals surface area contributed by atoms with Crippen molar-refractivity contribution in [2.75, 3.05) is 19.7 Å². The second kappa shape index (κ2) is 4.70. The Morgan fingerprint density at radius 1 is 1.25 bits per heavy atom. The number of Topliss-reactive ketones (excluding diaryl/α,β-unsaturated/α-hetero) is 1. The fraction of sp³-hybridized carbons (Fsp3) is 0.929. The van der Waals surface area contributed by atoms with Crippen molar-refractivity contribution in [3.63, 3.8) is 0 Å². The van der Waals surface area contributed by atoms with Crippen LogP contribution in [0.5, 0.6) is 0 Å². The predicted molar refractivity (Wildman–Crippen MR) is 66.2 cm³/mol. The van der Waals surface area contributed by atoms with E-state index in [2.05, 4.69) is 5.32 Å². The highest BCUT2D eigenvalue weighted by Crippen LogP contribution is 2.50. The van der Waals surface area contributed by atoms with E-state index in [1.165, 1.54) is 0 Å². The van der Waals surface area contributed by atoms with Crippen LogP contribution < -0.4 is 5.32 Å². The summed E-state index contributed by atoms with van der Waals surface area (Å²) in [5, 5.41) is 2.72. The molecule has 0 bridgehead atoms. The number of carbonyl (C=O) groups is 1. The van der Waals surface area contributed by atoms with Crippen molar-refractivity contribution in [1.82, 2.24) is 5.32 Å². The van der Waals surface area contributed by atoms with Crippen molar-refractivity contribution >= 4 is 5.78 Å².